The molecule has 5 rings (SSSR count). The third-order valence-corrected chi connectivity index (χ3v) is 9.41. The number of anilines is 1. The third-order valence-electron chi connectivity index (χ3n) is 6.54. The van der Waals surface area contributed by atoms with Crippen LogP contribution in [0.15, 0.2) is 33.5 Å². The van der Waals surface area contributed by atoms with Crippen molar-refractivity contribution in [3.8, 4) is 11.1 Å². The first-order chi connectivity index (χ1) is 17.9. The molecule has 0 saturated carbocycles. The van der Waals surface area contributed by atoms with Crippen LogP contribution in [-0.4, -0.2) is 34.2 Å². The number of hydrogen-bond acceptors (Lipinski definition) is 8. The monoisotopic (exact) mass is 553 g/mol. The van der Waals surface area contributed by atoms with Gasteiger partial charge in [0, 0.05) is 15.8 Å². The summed E-state index contributed by atoms with van der Waals surface area (Å²) in [6, 6.07) is 6.49. The Labute approximate surface area is 226 Å². The SMILES string of the molecule is CCOC(=O)c1c(NC(=O)CSc2nc3scc(-c4ccc5c(c4)CCCC5)c3c(=O)[nH]2)sc(C)c1C. The van der Waals surface area contributed by atoms with E-state index in [9.17, 15) is 14.4 Å². The molecule has 0 bridgehead atoms. The van der Waals surface area contributed by atoms with Crippen molar-refractivity contribution in [3.05, 3.63) is 61.1 Å². The molecule has 0 atom stereocenters. The standard InChI is InChI=1S/C27H27N3O4S3/c1-4-34-26(33)21-14(2)15(3)37-25(21)28-20(31)13-36-27-29-23(32)22-19(12-35-24(22)30-27)18-10-9-16-7-5-6-8-17(16)11-18/h9-12H,4-8,13H2,1-3H3,(H,28,31)(H,29,30,32). The first kappa shape index (κ1) is 25.7. The highest BCUT2D eigenvalue weighted by Gasteiger charge is 2.22. The first-order valence-electron chi connectivity index (χ1n) is 12.2. The van der Waals surface area contributed by atoms with E-state index in [1.54, 1.807) is 6.92 Å². The minimum atomic E-state index is -0.448. The highest BCUT2D eigenvalue weighted by molar-refractivity contribution is 7.99. The molecule has 192 valence electrons. The summed E-state index contributed by atoms with van der Waals surface area (Å²) >= 11 is 3.93. The first-order valence-corrected chi connectivity index (χ1v) is 14.9. The largest absolute Gasteiger partial charge is 0.462 e. The van der Waals surface area contributed by atoms with E-state index in [0.717, 1.165) is 46.2 Å². The van der Waals surface area contributed by atoms with Crippen LogP contribution in [0.5, 0.6) is 0 Å². The minimum absolute atomic E-state index is 0.0375. The topological polar surface area (TPSA) is 101 Å². The molecule has 0 fully saturated rings. The van der Waals surface area contributed by atoms with Crippen molar-refractivity contribution >= 4 is 61.5 Å². The summed E-state index contributed by atoms with van der Waals surface area (Å²) in [5.74, 6) is -0.702. The summed E-state index contributed by atoms with van der Waals surface area (Å²) in [6.45, 7) is 5.74. The zero-order valence-electron chi connectivity index (χ0n) is 20.9. The van der Waals surface area contributed by atoms with Gasteiger partial charge in [0.05, 0.1) is 23.3 Å². The molecule has 0 spiro atoms. The Balaban J connectivity index is 1.32. The fourth-order valence-corrected chi connectivity index (χ4v) is 7.30. The molecule has 1 amide bonds. The molecular formula is C27H27N3O4S3. The molecule has 10 heteroatoms. The molecule has 3 aromatic heterocycles. The second-order valence-corrected chi connectivity index (χ2v) is 12.0. The van der Waals surface area contributed by atoms with Gasteiger partial charge in [-0.05, 0) is 68.7 Å². The predicted molar refractivity (Wildman–Crippen MR) is 151 cm³/mol. The lowest BCUT2D eigenvalue weighted by molar-refractivity contribution is -0.113. The maximum Gasteiger partial charge on any atom is 0.341 e. The van der Waals surface area contributed by atoms with E-state index in [-0.39, 0.29) is 23.8 Å². The van der Waals surface area contributed by atoms with E-state index >= 15 is 0 Å². The van der Waals surface area contributed by atoms with Crippen LogP contribution in [0.25, 0.3) is 21.3 Å². The normalized spacial score (nSPS) is 12.9. The van der Waals surface area contributed by atoms with Crippen LogP contribution < -0.4 is 10.9 Å². The molecule has 0 unspecified atom stereocenters. The Hall–Kier alpha value is -2.95. The molecule has 0 saturated heterocycles. The number of nitrogens with zero attached hydrogens (tertiary/aromatic N) is 1. The fraction of sp³-hybridized carbons (Fsp3) is 0.333. The van der Waals surface area contributed by atoms with Crippen molar-refractivity contribution in [2.75, 3.05) is 17.7 Å². The number of benzene rings is 1. The number of aromatic nitrogens is 2. The average molecular weight is 554 g/mol. The van der Waals surface area contributed by atoms with E-state index in [0.29, 0.717) is 25.9 Å². The van der Waals surface area contributed by atoms with Crippen molar-refractivity contribution in [1.29, 1.82) is 0 Å². The van der Waals surface area contributed by atoms with Gasteiger partial charge in [-0.1, -0.05) is 30.0 Å². The Morgan fingerprint density at radius 3 is 2.76 bits per heavy atom. The summed E-state index contributed by atoms with van der Waals surface area (Å²) in [5, 5.41) is 6.25. The van der Waals surface area contributed by atoms with Gasteiger partial charge < -0.3 is 15.0 Å². The lowest BCUT2D eigenvalue weighted by Gasteiger charge is -2.16. The van der Waals surface area contributed by atoms with Gasteiger partial charge in [0.15, 0.2) is 5.16 Å². The van der Waals surface area contributed by atoms with Crippen LogP contribution in [-0.2, 0) is 22.4 Å². The number of rotatable bonds is 7. The molecule has 1 aromatic carbocycles. The Bertz CT molecular complexity index is 1570. The van der Waals surface area contributed by atoms with Crippen LogP contribution in [0.2, 0.25) is 0 Å². The zero-order chi connectivity index (χ0) is 26.1. The van der Waals surface area contributed by atoms with Crippen LogP contribution >= 0.6 is 34.4 Å². The second kappa shape index (κ2) is 10.8. The zero-order valence-corrected chi connectivity index (χ0v) is 23.3. The molecule has 4 aromatic rings. The van der Waals surface area contributed by atoms with Gasteiger partial charge in [-0.15, -0.1) is 22.7 Å². The number of ether oxygens (including phenoxy) is 1. The number of thiophene rings is 2. The van der Waals surface area contributed by atoms with E-state index in [2.05, 4.69) is 33.5 Å². The van der Waals surface area contributed by atoms with Gasteiger partial charge in [0.2, 0.25) is 5.91 Å². The molecule has 1 aliphatic rings. The number of hydrogen-bond donors (Lipinski definition) is 2. The lowest BCUT2D eigenvalue weighted by atomic mass is 9.89. The van der Waals surface area contributed by atoms with E-state index in [1.807, 2.05) is 19.2 Å². The van der Waals surface area contributed by atoms with E-state index in [1.165, 1.54) is 46.6 Å². The highest BCUT2D eigenvalue weighted by atomic mass is 32.2. The van der Waals surface area contributed by atoms with Gasteiger partial charge in [-0.25, -0.2) is 9.78 Å². The minimum Gasteiger partial charge on any atom is -0.462 e. The second-order valence-electron chi connectivity index (χ2n) is 8.94. The molecule has 37 heavy (non-hydrogen) atoms. The van der Waals surface area contributed by atoms with Crippen molar-refractivity contribution in [2.45, 2.75) is 51.6 Å². The number of amides is 1. The van der Waals surface area contributed by atoms with Crippen molar-refractivity contribution in [3.63, 3.8) is 0 Å². The van der Waals surface area contributed by atoms with Gasteiger partial charge >= 0.3 is 5.97 Å². The number of carbonyl (C=O) groups excluding carboxylic acids is 2. The molecular weight excluding hydrogens is 527 g/mol. The number of aromatic amines is 1. The van der Waals surface area contributed by atoms with Crippen LogP contribution in [0.3, 0.4) is 0 Å². The van der Waals surface area contributed by atoms with E-state index in [4.69, 9.17) is 4.74 Å². The van der Waals surface area contributed by atoms with Crippen LogP contribution in [0, 0.1) is 13.8 Å². The van der Waals surface area contributed by atoms with Gasteiger partial charge in [0.25, 0.3) is 5.56 Å². The quantitative estimate of drug-likeness (QED) is 0.163. The third kappa shape index (κ3) is 5.23. The molecule has 1 aliphatic carbocycles. The number of nitrogens with one attached hydrogen (secondary N) is 2. The summed E-state index contributed by atoms with van der Waals surface area (Å²) in [7, 11) is 0. The summed E-state index contributed by atoms with van der Waals surface area (Å²) in [4.78, 5) is 47.2. The van der Waals surface area contributed by atoms with Crippen molar-refractivity contribution < 1.29 is 14.3 Å². The molecule has 7 nitrogen and oxygen atoms in total. The van der Waals surface area contributed by atoms with Gasteiger partial charge in [-0.2, -0.15) is 0 Å². The summed E-state index contributed by atoms with van der Waals surface area (Å²) < 4.78 is 5.15. The number of fused-ring (bicyclic) bond motifs is 2. The summed E-state index contributed by atoms with van der Waals surface area (Å²) in [5.41, 5.74) is 5.69. The smallest absolute Gasteiger partial charge is 0.341 e. The number of thioether (sulfide) groups is 1. The van der Waals surface area contributed by atoms with E-state index < -0.39 is 5.97 Å². The lowest BCUT2D eigenvalue weighted by Crippen LogP contribution is -2.17. The Morgan fingerprint density at radius 2 is 1.97 bits per heavy atom. The number of aryl methyl sites for hydroxylation is 3. The highest BCUT2D eigenvalue weighted by Crippen LogP contribution is 2.35. The van der Waals surface area contributed by atoms with Gasteiger partial charge in [0.1, 0.15) is 9.83 Å². The Morgan fingerprint density at radius 1 is 1.19 bits per heavy atom. The molecule has 0 radical (unpaired) electrons. The number of H-pyrrole nitrogens is 1. The maximum absolute atomic E-state index is 13.0. The molecule has 3 heterocycles. The predicted octanol–water partition coefficient (Wildman–Crippen LogP) is 6.12. The molecule has 0 aliphatic heterocycles. The fourth-order valence-electron chi connectivity index (χ4n) is 4.57. The molecule has 2 N–H and O–H groups in total. The van der Waals surface area contributed by atoms with Crippen molar-refractivity contribution in [1.82, 2.24) is 9.97 Å². The average Bonchev–Trinajstić information content (AvgIpc) is 3.43. The van der Waals surface area contributed by atoms with Crippen molar-refractivity contribution in [2.24, 2.45) is 0 Å². The van der Waals surface area contributed by atoms with Crippen LogP contribution in [0.1, 0.15) is 51.7 Å². The Kier molecular flexibility index (Phi) is 7.50. The number of carbonyl (C=O) groups is 2. The maximum atomic E-state index is 13.0. The van der Waals surface area contributed by atoms with Gasteiger partial charge in [-0.3, -0.25) is 9.59 Å². The van der Waals surface area contributed by atoms with Crippen LogP contribution in [0.4, 0.5) is 5.00 Å². The summed E-state index contributed by atoms with van der Waals surface area (Å²) in [6.07, 6.45) is 4.63. The number of esters is 1.